The van der Waals surface area contributed by atoms with Gasteiger partial charge in [-0.25, -0.2) is 4.68 Å². The van der Waals surface area contributed by atoms with Gasteiger partial charge in [-0.15, -0.1) is 5.10 Å². The molecule has 0 amide bonds. The number of nitrogens with two attached hydrogens (primary N) is 1. The number of hydrogen-bond donors (Lipinski definition) is 2. The normalized spacial score (nSPS) is 10.8. The first-order valence-electron chi connectivity index (χ1n) is 6.39. The van der Waals surface area contributed by atoms with E-state index >= 15 is 0 Å². The van der Waals surface area contributed by atoms with Crippen LogP contribution in [0.4, 0.5) is 0 Å². The lowest BCUT2D eigenvalue weighted by Crippen LogP contribution is -2.02. The van der Waals surface area contributed by atoms with Crippen LogP contribution in [-0.2, 0) is 6.54 Å². The van der Waals surface area contributed by atoms with Crippen molar-refractivity contribution in [3.05, 3.63) is 59.2 Å². The van der Waals surface area contributed by atoms with Gasteiger partial charge in [-0.3, -0.25) is 0 Å². The van der Waals surface area contributed by atoms with Crippen molar-refractivity contribution >= 4 is 11.6 Å². The van der Waals surface area contributed by atoms with E-state index in [1.54, 1.807) is 28.9 Å². The molecule has 21 heavy (non-hydrogen) atoms. The van der Waals surface area contributed by atoms with Crippen LogP contribution in [-0.4, -0.2) is 20.1 Å². The minimum atomic E-state index is 0.200. The first-order chi connectivity index (χ1) is 10.2. The van der Waals surface area contributed by atoms with Crippen molar-refractivity contribution in [2.45, 2.75) is 6.54 Å². The molecule has 0 bridgehead atoms. The summed E-state index contributed by atoms with van der Waals surface area (Å²) in [7, 11) is 0. The maximum atomic E-state index is 9.39. The first-order valence-corrected chi connectivity index (χ1v) is 6.77. The third-order valence-corrected chi connectivity index (χ3v) is 3.40. The molecule has 1 aromatic heterocycles. The second kappa shape index (κ2) is 5.55. The molecule has 3 aromatic rings. The molecule has 5 nitrogen and oxygen atoms in total. The van der Waals surface area contributed by atoms with Gasteiger partial charge in [0.1, 0.15) is 11.4 Å². The molecular weight excluding hydrogens is 288 g/mol. The summed E-state index contributed by atoms with van der Waals surface area (Å²) in [5.74, 6) is 0.200. The summed E-state index contributed by atoms with van der Waals surface area (Å²) in [5.41, 5.74) is 9.00. The zero-order valence-corrected chi connectivity index (χ0v) is 11.8. The Hall–Kier alpha value is -2.37. The molecule has 0 unspecified atom stereocenters. The number of phenols is 1. The third kappa shape index (κ3) is 2.61. The Balaban J connectivity index is 2.16. The van der Waals surface area contributed by atoms with Crippen molar-refractivity contribution in [3.8, 4) is 22.7 Å². The zero-order chi connectivity index (χ0) is 14.8. The number of benzene rings is 2. The van der Waals surface area contributed by atoms with Crippen LogP contribution in [0.15, 0.2) is 48.5 Å². The number of aromatic hydroxyl groups is 1. The number of phenolic OH excluding ortho intramolecular Hbond substituents is 1. The van der Waals surface area contributed by atoms with Crippen molar-refractivity contribution in [2.24, 2.45) is 5.73 Å². The Morgan fingerprint density at radius 2 is 1.71 bits per heavy atom. The van der Waals surface area contributed by atoms with E-state index in [1.165, 1.54) is 0 Å². The Labute approximate surface area is 126 Å². The van der Waals surface area contributed by atoms with Gasteiger partial charge in [-0.2, -0.15) is 0 Å². The summed E-state index contributed by atoms with van der Waals surface area (Å²) in [4.78, 5) is 0. The molecular formula is C15H13ClN4O. The van der Waals surface area contributed by atoms with Crippen LogP contribution in [0.25, 0.3) is 16.9 Å². The highest BCUT2D eigenvalue weighted by Crippen LogP contribution is 2.27. The molecule has 0 radical (unpaired) electrons. The van der Waals surface area contributed by atoms with E-state index in [0.717, 1.165) is 16.9 Å². The molecule has 0 aliphatic heterocycles. The summed E-state index contributed by atoms with van der Waals surface area (Å²) in [6.45, 7) is 0.288. The van der Waals surface area contributed by atoms with Crippen molar-refractivity contribution < 1.29 is 5.11 Å². The molecule has 3 rings (SSSR count). The Morgan fingerprint density at radius 3 is 2.33 bits per heavy atom. The van der Waals surface area contributed by atoms with E-state index in [-0.39, 0.29) is 12.3 Å². The van der Waals surface area contributed by atoms with E-state index in [4.69, 9.17) is 17.3 Å². The van der Waals surface area contributed by atoms with Gasteiger partial charge in [-0.05, 0) is 36.4 Å². The van der Waals surface area contributed by atoms with Crippen LogP contribution in [0.2, 0.25) is 5.02 Å². The van der Waals surface area contributed by atoms with Gasteiger partial charge < -0.3 is 10.8 Å². The topological polar surface area (TPSA) is 77.0 Å². The Morgan fingerprint density at radius 1 is 1.05 bits per heavy atom. The lowest BCUT2D eigenvalue weighted by atomic mass is 10.1. The van der Waals surface area contributed by atoms with Gasteiger partial charge in [-0.1, -0.05) is 28.9 Å². The molecule has 0 spiro atoms. The largest absolute Gasteiger partial charge is 0.508 e. The van der Waals surface area contributed by atoms with E-state index < -0.39 is 0 Å². The maximum absolute atomic E-state index is 9.39. The maximum Gasteiger partial charge on any atom is 0.115 e. The van der Waals surface area contributed by atoms with Crippen molar-refractivity contribution in [3.63, 3.8) is 0 Å². The van der Waals surface area contributed by atoms with Gasteiger partial charge in [0.2, 0.25) is 0 Å². The van der Waals surface area contributed by atoms with Crippen molar-refractivity contribution in [1.82, 2.24) is 15.0 Å². The molecule has 2 aromatic carbocycles. The van der Waals surface area contributed by atoms with Crippen LogP contribution in [0.5, 0.6) is 5.75 Å². The molecule has 0 saturated heterocycles. The Kier molecular flexibility index (Phi) is 3.60. The van der Waals surface area contributed by atoms with Crippen molar-refractivity contribution in [1.29, 1.82) is 0 Å². The fraction of sp³-hybridized carbons (Fsp3) is 0.0667. The average molecular weight is 301 g/mol. The highest BCUT2D eigenvalue weighted by molar-refractivity contribution is 6.30. The van der Waals surface area contributed by atoms with E-state index in [9.17, 15) is 5.11 Å². The number of hydrogen-bond acceptors (Lipinski definition) is 4. The lowest BCUT2D eigenvalue weighted by molar-refractivity contribution is 0.475. The summed E-state index contributed by atoms with van der Waals surface area (Å²) < 4.78 is 1.70. The summed E-state index contributed by atoms with van der Waals surface area (Å²) in [6, 6.07) is 14.2. The molecule has 6 heteroatoms. The SMILES string of the molecule is NCc1nnn(-c2ccc(O)cc2)c1-c1ccc(Cl)cc1. The highest BCUT2D eigenvalue weighted by Gasteiger charge is 2.15. The van der Waals surface area contributed by atoms with E-state index in [0.29, 0.717) is 10.7 Å². The quantitative estimate of drug-likeness (QED) is 0.780. The van der Waals surface area contributed by atoms with Gasteiger partial charge >= 0.3 is 0 Å². The molecule has 0 atom stereocenters. The van der Waals surface area contributed by atoms with Crippen LogP contribution < -0.4 is 5.73 Å². The van der Waals surface area contributed by atoms with Crippen LogP contribution in [0.3, 0.4) is 0 Å². The minimum absolute atomic E-state index is 0.200. The fourth-order valence-electron chi connectivity index (χ4n) is 2.12. The van der Waals surface area contributed by atoms with E-state index in [2.05, 4.69) is 10.3 Å². The van der Waals surface area contributed by atoms with Gasteiger partial charge in [0.25, 0.3) is 0 Å². The van der Waals surface area contributed by atoms with Gasteiger partial charge in [0, 0.05) is 17.1 Å². The fourth-order valence-corrected chi connectivity index (χ4v) is 2.25. The predicted molar refractivity (Wildman–Crippen MR) is 81.4 cm³/mol. The average Bonchev–Trinajstić information content (AvgIpc) is 2.93. The zero-order valence-electron chi connectivity index (χ0n) is 11.1. The molecule has 1 heterocycles. The van der Waals surface area contributed by atoms with Crippen LogP contribution >= 0.6 is 11.6 Å². The second-order valence-corrected chi connectivity index (χ2v) is 4.96. The van der Waals surface area contributed by atoms with Crippen LogP contribution in [0, 0.1) is 0 Å². The first kappa shape index (κ1) is 13.6. The Bertz CT molecular complexity index is 750. The summed E-state index contributed by atoms with van der Waals surface area (Å²) in [5, 5.41) is 18.3. The summed E-state index contributed by atoms with van der Waals surface area (Å²) in [6.07, 6.45) is 0. The summed E-state index contributed by atoms with van der Waals surface area (Å²) >= 11 is 5.93. The number of rotatable bonds is 3. The minimum Gasteiger partial charge on any atom is -0.508 e. The van der Waals surface area contributed by atoms with Gasteiger partial charge in [0.05, 0.1) is 11.4 Å². The number of aromatic nitrogens is 3. The van der Waals surface area contributed by atoms with Crippen molar-refractivity contribution in [2.75, 3.05) is 0 Å². The molecule has 0 fully saturated rings. The monoisotopic (exact) mass is 300 g/mol. The number of halogens is 1. The molecule has 0 aliphatic rings. The third-order valence-electron chi connectivity index (χ3n) is 3.15. The highest BCUT2D eigenvalue weighted by atomic mass is 35.5. The number of nitrogens with zero attached hydrogens (tertiary/aromatic N) is 3. The molecule has 0 saturated carbocycles. The predicted octanol–water partition coefficient (Wildman–Crippen LogP) is 2.75. The molecule has 106 valence electrons. The second-order valence-electron chi connectivity index (χ2n) is 4.52. The lowest BCUT2D eigenvalue weighted by Gasteiger charge is -2.08. The molecule has 0 aliphatic carbocycles. The standard InChI is InChI=1S/C15H13ClN4O/c16-11-3-1-10(2-4-11)15-14(9-17)18-19-20(15)12-5-7-13(21)8-6-12/h1-8,21H,9,17H2. The van der Waals surface area contributed by atoms with Crippen LogP contribution in [0.1, 0.15) is 5.69 Å². The van der Waals surface area contributed by atoms with Gasteiger partial charge in [0.15, 0.2) is 0 Å². The van der Waals surface area contributed by atoms with E-state index in [1.807, 2.05) is 24.3 Å². The smallest absolute Gasteiger partial charge is 0.115 e. The molecule has 3 N–H and O–H groups in total.